The van der Waals surface area contributed by atoms with Gasteiger partial charge in [0.25, 0.3) is 11.7 Å². The van der Waals surface area contributed by atoms with Gasteiger partial charge in [-0.25, -0.2) is 0 Å². The van der Waals surface area contributed by atoms with Gasteiger partial charge < -0.3 is 14.7 Å². The van der Waals surface area contributed by atoms with Crippen LogP contribution >= 0.6 is 0 Å². The molecule has 2 heterocycles. The minimum Gasteiger partial charge on any atom is -0.337 e. The fraction of sp³-hybridized carbons (Fsp3) is 0.769. The van der Waals surface area contributed by atoms with Crippen LogP contribution in [-0.2, 0) is 0 Å². The van der Waals surface area contributed by atoms with E-state index in [2.05, 4.69) is 22.4 Å². The molecule has 106 valence electrons. The molecule has 1 unspecified atom stereocenters. The maximum Gasteiger partial charge on any atom is 0.295 e. The van der Waals surface area contributed by atoms with Crippen LogP contribution in [0.1, 0.15) is 62.1 Å². The van der Waals surface area contributed by atoms with Crippen LogP contribution in [0.15, 0.2) is 4.52 Å². The molecule has 0 aliphatic carbocycles. The third-order valence-electron chi connectivity index (χ3n) is 3.44. The number of carbonyl (C=O) groups excluding carboxylic acids is 1. The number of nitrogens with zero attached hydrogens (tertiary/aromatic N) is 3. The highest BCUT2D eigenvalue weighted by Crippen LogP contribution is 2.21. The van der Waals surface area contributed by atoms with Gasteiger partial charge in [-0.15, -0.1) is 0 Å². The van der Waals surface area contributed by atoms with E-state index >= 15 is 0 Å². The Hall–Kier alpha value is -1.43. The molecule has 0 saturated carbocycles. The van der Waals surface area contributed by atoms with E-state index in [1.807, 2.05) is 6.92 Å². The molecule has 19 heavy (non-hydrogen) atoms. The third kappa shape index (κ3) is 3.32. The van der Waals surface area contributed by atoms with Crippen molar-refractivity contribution < 1.29 is 9.32 Å². The van der Waals surface area contributed by atoms with Crippen molar-refractivity contribution >= 4 is 5.91 Å². The molecule has 0 spiro atoms. The average Bonchev–Trinajstić information content (AvgIpc) is 3.10. The minimum atomic E-state index is -0.135. The highest BCUT2D eigenvalue weighted by Gasteiger charge is 2.25. The van der Waals surface area contributed by atoms with E-state index in [-0.39, 0.29) is 17.8 Å². The number of rotatable bonds is 6. The van der Waals surface area contributed by atoms with E-state index in [1.165, 1.54) is 0 Å². The van der Waals surface area contributed by atoms with Crippen molar-refractivity contribution in [2.24, 2.45) is 0 Å². The first kappa shape index (κ1) is 14.0. The average molecular weight is 266 g/mol. The zero-order chi connectivity index (χ0) is 13.7. The highest BCUT2D eigenvalue weighted by atomic mass is 16.5. The smallest absolute Gasteiger partial charge is 0.295 e. The molecule has 1 amide bonds. The number of hydrogen-bond donors (Lipinski definition) is 1. The molecule has 1 aromatic heterocycles. The van der Waals surface area contributed by atoms with Crippen molar-refractivity contribution in [3.8, 4) is 0 Å². The number of hydrogen-bond acceptors (Lipinski definition) is 5. The summed E-state index contributed by atoms with van der Waals surface area (Å²) in [6, 6.07) is 0.111. The second kappa shape index (κ2) is 6.65. The van der Waals surface area contributed by atoms with Gasteiger partial charge in [0.2, 0.25) is 5.89 Å². The monoisotopic (exact) mass is 266 g/mol. The summed E-state index contributed by atoms with van der Waals surface area (Å²) in [4.78, 5) is 18.2. The number of aromatic nitrogens is 2. The maximum atomic E-state index is 12.2. The summed E-state index contributed by atoms with van der Waals surface area (Å²) < 4.78 is 5.20. The maximum absolute atomic E-state index is 12.2. The molecule has 0 aromatic carbocycles. The van der Waals surface area contributed by atoms with Crippen molar-refractivity contribution in [3.63, 3.8) is 0 Å². The lowest BCUT2D eigenvalue weighted by atomic mass is 10.2. The Morgan fingerprint density at radius 3 is 3.00 bits per heavy atom. The molecule has 6 heteroatoms. The van der Waals surface area contributed by atoms with E-state index in [9.17, 15) is 4.79 Å². The quantitative estimate of drug-likeness (QED) is 0.849. The fourth-order valence-corrected chi connectivity index (χ4v) is 2.25. The van der Waals surface area contributed by atoms with Gasteiger partial charge in [-0.05, 0) is 32.7 Å². The molecule has 0 radical (unpaired) electrons. The predicted octanol–water partition coefficient (Wildman–Crippen LogP) is 1.76. The van der Waals surface area contributed by atoms with Crippen LogP contribution in [0, 0.1) is 0 Å². The molecule has 1 aliphatic heterocycles. The van der Waals surface area contributed by atoms with Crippen molar-refractivity contribution in [3.05, 3.63) is 11.7 Å². The Morgan fingerprint density at radius 2 is 2.37 bits per heavy atom. The van der Waals surface area contributed by atoms with Crippen molar-refractivity contribution in [2.75, 3.05) is 19.6 Å². The Kier molecular flexibility index (Phi) is 4.90. The Balaban J connectivity index is 2.01. The van der Waals surface area contributed by atoms with Crippen LogP contribution in [0.4, 0.5) is 0 Å². The minimum absolute atomic E-state index is 0.111. The zero-order valence-electron chi connectivity index (χ0n) is 11.7. The first-order valence-corrected chi connectivity index (χ1v) is 7.12. The molecule has 1 N–H and O–H groups in total. The zero-order valence-corrected chi connectivity index (χ0v) is 11.7. The first-order chi connectivity index (χ1) is 9.26. The lowest BCUT2D eigenvalue weighted by Crippen LogP contribution is -2.32. The highest BCUT2D eigenvalue weighted by molar-refractivity contribution is 5.90. The molecule has 2 rings (SSSR count). The summed E-state index contributed by atoms with van der Waals surface area (Å²) in [5, 5.41) is 7.10. The normalized spacial score (nSPS) is 18.7. The SMILES string of the molecule is CCCCN(CC)C(=O)c1noc(C2CCCN2)n1. The molecule has 1 saturated heterocycles. The lowest BCUT2D eigenvalue weighted by molar-refractivity contribution is 0.0746. The fourth-order valence-electron chi connectivity index (χ4n) is 2.25. The Bertz CT molecular complexity index is 413. The second-order valence-corrected chi connectivity index (χ2v) is 4.84. The van der Waals surface area contributed by atoms with Crippen LogP contribution in [0.5, 0.6) is 0 Å². The topological polar surface area (TPSA) is 71.3 Å². The molecule has 1 aromatic rings. The van der Waals surface area contributed by atoms with Gasteiger partial charge >= 0.3 is 0 Å². The number of amides is 1. The number of carbonyl (C=O) groups is 1. The molecule has 1 fully saturated rings. The molecular formula is C13H22N4O2. The van der Waals surface area contributed by atoms with Gasteiger partial charge in [-0.1, -0.05) is 18.5 Å². The van der Waals surface area contributed by atoms with E-state index < -0.39 is 0 Å². The molecule has 1 atom stereocenters. The van der Waals surface area contributed by atoms with Gasteiger partial charge in [0.05, 0.1) is 6.04 Å². The Labute approximate surface area is 113 Å². The number of nitrogens with one attached hydrogen (secondary N) is 1. The van der Waals surface area contributed by atoms with Crippen LogP contribution < -0.4 is 5.32 Å². The number of unbranched alkanes of at least 4 members (excludes halogenated alkanes) is 1. The molecule has 6 nitrogen and oxygen atoms in total. The van der Waals surface area contributed by atoms with E-state index in [4.69, 9.17) is 4.52 Å². The van der Waals surface area contributed by atoms with Gasteiger partial charge in [0, 0.05) is 13.1 Å². The summed E-state index contributed by atoms with van der Waals surface area (Å²) >= 11 is 0. The van der Waals surface area contributed by atoms with Gasteiger partial charge in [0.15, 0.2) is 0 Å². The van der Waals surface area contributed by atoms with E-state index in [1.54, 1.807) is 4.90 Å². The summed E-state index contributed by atoms with van der Waals surface area (Å²) in [5.74, 6) is 0.581. The first-order valence-electron chi connectivity index (χ1n) is 7.12. The van der Waals surface area contributed by atoms with Crippen molar-refractivity contribution in [1.82, 2.24) is 20.4 Å². The summed E-state index contributed by atoms with van der Waals surface area (Å²) in [6.45, 7) is 6.46. The third-order valence-corrected chi connectivity index (χ3v) is 3.44. The predicted molar refractivity (Wildman–Crippen MR) is 70.8 cm³/mol. The standard InChI is InChI=1S/C13H22N4O2/c1-3-5-9-17(4-2)13(18)11-15-12(19-16-11)10-7-6-8-14-10/h10,14H,3-9H2,1-2H3. The molecular weight excluding hydrogens is 244 g/mol. The van der Waals surface area contributed by atoms with Crippen molar-refractivity contribution in [1.29, 1.82) is 0 Å². The van der Waals surface area contributed by atoms with Crippen LogP contribution in [0.25, 0.3) is 0 Å². The summed E-state index contributed by atoms with van der Waals surface area (Å²) in [5.41, 5.74) is 0. The lowest BCUT2D eigenvalue weighted by Gasteiger charge is -2.18. The van der Waals surface area contributed by atoms with Gasteiger partial charge in [0.1, 0.15) is 0 Å². The summed E-state index contributed by atoms with van der Waals surface area (Å²) in [6.07, 6.45) is 4.15. The largest absolute Gasteiger partial charge is 0.337 e. The second-order valence-electron chi connectivity index (χ2n) is 4.84. The van der Waals surface area contributed by atoms with Crippen molar-refractivity contribution in [2.45, 2.75) is 45.6 Å². The summed E-state index contributed by atoms with van der Waals surface area (Å²) in [7, 11) is 0. The van der Waals surface area contributed by atoms with Crippen LogP contribution in [0.2, 0.25) is 0 Å². The van der Waals surface area contributed by atoms with Gasteiger partial charge in [-0.2, -0.15) is 4.98 Å². The molecule has 0 bridgehead atoms. The Morgan fingerprint density at radius 1 is 1.53 bits per heavy atom. The van der Waals surface area contributed by atoms with Gasteiger partial charge in [-0.3, -0.25) is 4.79 Å². The van der Waals surface area contributed by atoms with Crippen LogP contribution in [-0.4, -0.2) is 40.6 Å². The van der Waals surface area contributed by atoms with E-state index in [0.29, 0.717) is 12.4 Å². The molecule has 1 aliphatic rings. The van der Waals surface area contributed by atoms with Crippen LogP contribution in [0.3, 0.4) is 0 Å². The van der Waals surface area contributed by atoms with E-state index in [0.717, 1.165) is 38.8 Å².